The van der Waals surface area contributed by atoms with Crippen LogP contribution >= 0.6 is 23.2 Å². The van der Waals surface area contributed by atoms with Gasteiger partial charge in [0.05, 0.1) is 10.0 Å². The first-order valence-electron chi connectivity index (χ1n) is 7.78. The minimum absolute atomic E-state index is 0.0949. The molecule has 2 aromatic carbocycles. The summed E-state index contributed by atoms with van der Waals surface area (Å²) in [6.45, 7) is 5.22. The van der Waals surface area contributed by atoms with Gasteiger partial charge in [-0.1, -0.05) is 48.0 Å². The summed E-state index contributed by atoms with van der Waals surface area (Å²) in [5.74, 6) is 0.374. The van der Waals surface area contributed by atoms with E-state index in [1.165, 1.54) is 0 Å². The number of rotatable bonds is 8. The molecule has 132 valence electrons. The molecule has 0 saturated heterocycles. The number of amides is 1. The second-order valence-corrected chi connectivity index (χ2v) is 6.18. The number of hydrogen-bond acceptors (Lipinski definition) is 3. The molecule has 0 radical (unpaired) electrons. The number of halogens is 2. The summed E-state index contributed by atoms with van der Waals surface area (Å²) in [4.78, 5) is 11.5. The van der Waals surface area contributed by atoms with Gasteiger partial charge in [-0.3, -0.25) is 4.79 Å². The van der Waals surface area contributed by atoms with Crippen molar-refractivity contribution in [2.24, 2.45) is 0 Å². The number of benzene rings is 2. The van der Waals surface area contributed by atoms with Crippen molar-refractivity contribution in [3.8, 4) is 5.75 Å². The quantitative estimate of drug-likeness (QED) is 0.676. The molecule has 1 amide bonds. The number of nitrogens with one attached hydrogen (secondary N) is 2. The van der Waals surface area contributed by atoms with Gasteiger partial charge in [0.1, 0.15) is 6.61 Å². The van der Waals surface area contributed by atoms with Gasteiger partial charge in [-0.2, -0.15) is 0 Å². The van der Waals surface area contributed by atoms with Crippen molar-refractivity contribution in [2.45, 2.75) is 13.1 Å². The topological polar surface area (TPSA) is 50.4 Å². The van der Waals surface area contributed by atoms with Crippen molar-refractivity contribution in [2.75, 3.05) is 13.7 Å². The van der Waals surface area contributed by atoms with Crippen LogP contribution in [0.2, 0.25) is 10.0 Å². The maximum atomic E-state index is 11.5. The highest BCUT2D eigenvalue weighted by Crippen LogP contribution is 2.34. The van der Waals surface area contributed by atoms with Gasteiger partial charge in [0, 0.05) is 25.7 Å². The Bertz CT molecular complexity index is 723. The largest absolute Gasteiger partial charge is 0.486 e. The summed E-state index contributed by atoms with van der Waals surface area (Å²) < 4.78 is 5.45. The lowest BCUT2D eigenvalue weighted by molar-refractivity contribution is 0.0963. The van der Waals surface area contributed by atoms with E-state index < -0.39 is 0 Å². The minimum Gasteiger partial charge on any atom is -0.486 e. The van der Waals surface area contributed by atoms with Crippen molar-refractivity contribution in [3.63, 3.8) is 0 Å². The van der Waals surface area contributed by atoms with E-state index in [4.69, 9.17) is 27.9 Å². The average Bonchev–Trinajstić information content (AvgIpc) is 2.61. The molecule has 2 aromatic rings. The molecule has 4 nitrogen and oxygen atoms in total. The van der Waals surface area contributed by atoms with Gasteiger partial charge in [-0.25, -0.2) is 0 Å². The standard InChI is InChI=1S/C19H20Cl2N2O2/c1-3-8-25-18-16(20)9-14(10-17(18)21)12-23-11-13-4-6-15(7-5-13)19(24)22-2/h3-7,9-10,23H,1,8,11-12H2,2H3,(H,22,24). The van der Waals surface area contributed by atoms with E-state index >= 15 is 0 Å². The number of carbonyl (C=O) groups excluding carboxylic acids is 1. The Kier molecular flexibility index (Phi) is 7.31. The van der Waals surface area contributed by atoms with Gasteiger partial charge in [0.2, 0.25) is 0 Å². The molecule has 2 N–H and O–H groups in total. The fourth-order valence-electron chi connectivity index (χ4n) is 2.26. The highest BCUT2D eigenvalue weighted by atomic mass is 35.5. The number of hydrogen-bond donors (Lipinski definition) is 2. The molecule has 0 fully saturated rings. The lowest BCUT2D eigenvalue weighted by Gasteiger charge is -2.11. The second kappa shape index (κ2) is 9.47. The predicted molar refractivity (Wildman–Crippen MR) is 103 cm³/mol. The van der Waals surface area contributed by atoms with Crippen LogP contribution < -0.4 is 15.4 Å². The summed E-state index contributed by atoms with van der Waals surface area (Å²) >= 11 is 12.4. The Balaban J connectivity index is 1.93. The predicted octanol–water partition coefficient (Wildman–Crippen LogP) is 4.21. The third-order valence-electron chi connectivity index (χ3n) is 3.51. The van der Waals surface area contributed by atoms with Gasteiger partial charge in [-0.15, -0.1) is 0 Å². The van der Waals surface area contributed by atoms with Crippen LogP contribution in [-0.2, 0) is 13.1 Å². The van der Waals surface area contributed by atoms with Crippen LogP contribution in [0.4, 0.5) is 0 Å². The van der Waals surface area contributed by atoms with Gasteiger partial charge in [0.25, 0.3) is 5.91 Å². The molecule has 0 aliphatic rings. The fourth-order valence-corrected chi connectivity index (χ4v) is 2.91. The van der Waals surface area contributed by atoms with E-state index in [9.17, 15) is 4.79 Å². The molecule has 0 bridgehead atoms. The lowest BCUT2D eigenvalue weighted by Crippen LogP contribution is -2.18. The zero-order valence-electron chi connectivity index (χ0n) is 13.9. The Morgan fingerprint density at radius 1 is 1.12 bits per heavy atom. The molecule has 0 saturated carbocycles. The summed E-state index contributed by atoms with van der Waals surface area (Å²) in [6.07, 6.45) is 1.64. The average molecular weight is 379 g/mol. The van der Waals surface area contributed by atoms with Crippen LogP contribution in [0.1, 0.15) is 21.5 Å². The van der Waals surface area contributed by atoms with Crippen molar-refractivity contribution < 1.29 is 9.53 Å². The zero-order valence-corrected chi connectivity index (χ0v) is 15.5. The fraction of sp³-hybridized carbons (Fsp3) is 0.211. The van der Waals surface area contributed by atoms with Gasteiger partial charge < -0.3 is 15.4 Å². The van der Waals surface area contributed by atoms with Crippen LogP contribution in [0, 0.1) is 0 Å². The molecule has 0 atom stereocenters. The molecule has 2 rings (SSSR count). The SMILES string of the molecule is C=CCOc1c(Cl)cc(CNCc2ccc(C(=O)NC)cc2)cc1Cl. The van der Waals surface area contributed by atoms with E-state index in [2.05, 4.69) is 17.2 Å². The summed E-state index contributed by atoms with van der Waals surface area (Å²) in [7, 11) is 1.61. The van der Waals surface area contributed by atoms with Gasteiger partial charge in [0.15, 0.2) is 5.75 Å². The number of ether oxygens (including phenoxy) is 1. The Hall–Kier alpha value is -2.01. The van der Waals surface area contributed by atoms with Crippen molar-refractivity contribution >= 4 is 29.1 Å². The third-order valence-corrected chi connectivity index (χ3v) is 4.07. The van der Waals surface area contributed by atoms with Gasteiger partial charge in [-0.05, 0) is 35.4 Å². The molecule has 0 aliphatic heterocycles. The van der Waals surface area contributed by atoms with Crippen LogP contribution in [0.15, 0.2) is 49.1 Å². The maximum absolute atomic E-state index is 11.5. The molecule has 0 heterocycles. The van der Waals surface area contributed by atoms with Crippen LogP contribution in [0.5, 0.6) is 5.75 Å². The highest BCUT2D eigenvalue weighted by molar-refractivity contribution is 6.37. The molecule has 25 heavy (non-hydrogen) atoms. The van der Waals surface area contributed by atoms with E-state index in [0.29, 0.717) is 41.1 Å². The summed E-state index contributed by atoms with van der Waals surface area (Å²) in [6, 6.07) is 11.1. The molecule has 6 heteroatoms. The van der Waals surface area contributed by atoms with E-state index in [-0.39, 0.29) is 5.91 Å². The lowest BCUT2D eigenvalue weighted by atomic mass is 10.1. The smallest absolute Gasteiger partial charge is 0.251 e. The molecule has 0 aliphatic carbocycles. The summed E-state index contributed by atoms with van der Waals surface area (Å²) in [5, 5.41) is 6.87. The van der Waals surface area contributed by atoms with Crippen molar-refractivity contribution in [1.82, 2.24) is 10.6 Å². The Morgan fingerprint density at radius 3 is 2.28 bits per heavy atom. The second-order valence-electron chi connectivity index (χ2n) is 5.37. The molecular weight excluding hydrogens is 359 g/mol. The first-order chi connectivity index (χ1) is 12.0. The normalized spacial score (nSPS) is 10.4. The highest BCUT2D eigenvalue weighted by Gasteiger charge is 2.09. The molecule has 0 spiro atoms. The Labute approximate surface area is 157 Å². The zero-order chi connectivity index (χ0) is 18.2. The van der Waals surface area contributed by atoms with Crippen molar-refractivity contribution in [1.29, 1.82) is 0 Å². The summed E-state index contributed by atoms with van der Waals surface area (Å²) in [5.41, 5.74) is 2.68. The molecule has 0 aromatic heterocycles. The first kappa shape index (κ1) is 19.3. The Morgan fingerprint density at radius 2 is 1.72 bits per heavy atom. The number of carbonyl (C=O) groups is 1. The van der Waals surface area contributed by atoms with E-state index in [1.807, 2.05) is 24.3 Å². The molecular formula is C19H20Cl2N2O2. The van der Waals surface area contributed by atoms with E-state index in [1.54, 1.807) is 25.3 Å². The third kappa shape index (κ3) is 5.49. The monoisotopic (exact) mass is 378 g/mol. The first-order valence-corrected chi connectivity index (χ1v) is 8.54. The van der Waals surface area contributed by atoms with E-state index in [0.717, 1.165) is 11.1 Å². The minimum atomic E-state index is -0.0949. The van der Waals surface area contributed by atoms with Crippen molar-refractivity contribution in [3.05, 3.63) is 75.8 Å². The van der Waals surface area contributed by atoms with Crippen LogP contribution in [-0.4, -0.2) is 19.6 Å². The van der Waals surface area contributed by atoms with Crippen LogP contribution in [0.25, 0.3) is 0 Å². The van der Waals surface area contributed by atoms with Gasteiger partial charge >= 0.3 is 0 Å². The molecule has 0 unspecified atom stereocenters. The maximum Gasteiger partial charge on any atom is 0.251 e. The van der Waals surface area contributed by atoms with Crippen LogP contribution in [0.3, 0.4) is 0 Å².